The number of benzene rings is 5. The summed E-state index contributed by atoms with van der Waals surface area (Å²) in [5.41, 5.74) is 15.7. The van der Waals surface area contributed by atoms with Crippen molar-refractivity contribution in [3.8, 4) is 39.3 Å². The maximum Gasteiger partial charge on any atom is 0.140 e. The molecule has 4 nitrogen and oxygen atoms in total. The van der Waals surface area contributed by atoms with E-state index in [-0.39, 0.29) is 32.2 Å². The van der Waals surface area contributed by atoms with Crippen LogP contribution in [0.2, 0.25) is 0 Å². The average Bonchev–Trinajstić information content (AvgIpc) is 3.10. The number of rotatable bonds is 4. The number of aromatic hydroxyl groups is 1. The third-order valence-electron chi connectivity index (χ3n) is 10.1. The zero-order valence-electron chi connectivity index (χ0n) is 29.1. The summed E-state index contributed by atoms with van der Waals surface area (Å²) < 4.78 is 0. The molecule has 1 aliphatic heterocycles. The summed E-state index contributed by atoms with van der Waals surface area (Å²) in [5, 5.41) is 11.8. The maximum absolute atomic E-state index is 10.9. The van der Waals surface area contributed by atoms with Crippen LogP contribution < -0.4 is 4.90 Å². The summed E-state index contributed by atoms with van der Waals surface area (Å²) in [6.07, 6.45) is 1.88. The average molecular weight is 832 g/mol. The van der Waals surface area contributed by atoms with Crippen LogP contribution >= 0.6 is 0 Å². The largest absolute Gasteiger partial charge is 0.506 e. The summed E-state index contributed by atoms with van der Waals surface area (Å²) in [5.74, 6) is 1.01. The van der Waals surface area contributed by atoms with Gasteiger partial charge in [-0.1, -0.05) is 104 Å². The van der Waals surface area contributed by atoms with Gasteiger partial charge in [0.1, 0.15) is 17.1 Å². The first-order valence-electron chi connectivity index (χ1n) is 16.8. The Bertz CT molecular complexity index is 2410. The second-order valence-electron chi connectivity index (χ2n) is 13.8. The van der Waals surface area contributed by atoms with Crippen molar-refractivity contribution in [2.75, 3.05) is 4.90 Å². The molecule has 0 atom stereocenters. The number of fused-ring (bicyclic) bond motifs is 3. The Morgan fingerprint density at radius 2 is 1.44 bits per heavy atom. The van der Waals surface area contributed by atoms with Crippen molar-refractivity contribution >= 4 is 28.1 Å². The first kappa shape index (κ1) is 33.4. The fraction of sp³-hybridized carbons (Fsp3) is 0.156. The van der Waals surface area contributed by atoms with Crippen LogP contribution in [0, 0.1) is 33.8 Å². The predicted octanol–water partition coefficient (Wildman–Crippen LogP) is 11.5. The molecular formula is C45H38N3OPt-. The number of hydrogen-bond donors (Lipinski definition) is 1. The van der Waals surface area contributed by atoms with Crippen molar-refractivity contribution in [1.29, 1.82) is 0 Å². The van der Waals surface area contributed by atoms with Gasteiger partial charge in [0.05, 0.1) is 0 Å². The minimum atomic E-state index is -0.361. The smallest absolute Gasteiger partial charge is 0.140 e. The molecular weight excluding hydrogens is 794 g/mol. The van der Waals surface area contributed by atoms with Crippen molar-refractivity contribution in [2.24, 2.45) is 0 Å². The summed E-state index contributed by atoms with van der Waals surface area (Å²) in [6.45, 7) is 13.2. The topological polar surface area (TPSA) is 49.2 Å². The van der Waals surface area contributed by atoms with E-state index >= 15 is 0 Å². The van der Waals surface area contributed by atoms with Crippen molar-refractivity contribution in [1.82, 2.24) is 9.97 Å². The molecule has 0 amide bonds. The molecule has 0 radical (unpaired) electrons. The van der Waals surface area contributed by atoms with E-state index in [4.69, 9.17) is 9.97 Å². The third kappa shape index (κ3) is 5.43. The number of pyridine rings is 2. The number of aromatic nitrogens is 2. The summed E-state index contributed by atoms with van der Waals surface area (Å²) >= 11 is 0. The Kier molecular flexibility index (Phi) is 8.48. The van der Waals surface area contributed by atoms with Gasteiger partial charge in [-0.3, -0.25) is 4.98 Å². The number of anilines is 3. The van der Waals surface area contributed by atoms with E-state index in [1.54, 1.807) is 6.07 Å². The van der Waals surface area contributed by atoms with Gasteiger partial charge in [-0.25, -0.2) is 4.98 Å². The molecule has 0 fully saturated rings. The standard InChI is InChI=1S/C45H38N3O.Pt/c1-27-20-21-46-41(22-27)48-38-15-11-10-14-36(38)45(5,6)43-35(42-29(3)23-32(24-30(42)4)31-12-8-7-9-13-31)25-33(26-39(43)48)37-18-17-34-28(2)16-19-40(49)44(34)47-37;/h7-25,49H,1-6H3;/q-1;. The maximum atomic E-state index is 10.9. The number of phenols is 1. The van der Waals surface area contributed by atoms with Crippen molar-refractivity contribution in [3.05, 3.63) is 155 Å². The van der Waals surface area contributed by atoms with Gasteiger partial charge in [0.25, 0.3) is 0 Å². The predicted molar refractivity (Wildman–Crippen MR) is 202 cm³/mol. The zero-order valence-corrected chi connectivity index (χ0v) is 31.3. The molecule has 1 aliphatic rings. The second kappa shape index (κ2) is 12.7. The van der Waals surface area contributed by atoms with Gasteiger partial charge in [0.2, 0.25) is 0 Å². The van der Waals surface area contributed by atoms with Gasteiger partial charge < -0.3 is 10.0 Å². The van der Waals surface area contributed by atoms with Crippen LogP contribution in [0.4, 0.5) is 17.2 Å². The van der Waals surface area contributed by atoms with Gasteiger partial charge in [0.15, 0.2) is 0 Å². The van der Waals surface area contributed by atoms with Crippen LogP contribution in [-0.2, 0) is 26.5 Å². The normalized spacial score (nSPS) is 13.0. The van der Waals surface area contributed by atoms with Gasteiger partial charge in [-0.2, -0.15) is 0 Å². The first-order valence-corrected chi connectivity index (χ1v) is 16.8. The Balaban J connectivity index is 0.00000392. The van der Waals surface area contributed by atoms with E-state index in [1.165, 1.54) is 38.9 Å². The van der Waals surface area contributed by atoms with Gasteiger partial charge in [-0.05, 0) is 113 Å². The fourth-order valence-electron chi connectivity index (χ4n) is 7.72. The molecule has 0 saturated heterocycles. The van der Waals surface area contributed by atoms with E-state index < -0.39 is 0 Å². The number of para-hydroxylation sites is 1. The Labute approximate surface area is 308 Å². The first-order chi connectivity index (χ1) is 23.6. The molecule has 5 heteroatoms. The summed E-state index contributed by atoms with van der Waals surface area (Å²) in [7, 11) is 0. The molecule has 0 aliphatic carbocycles. The molecule has 7 aromatic rings. The molecule has 0 bridgehead atoms. The monoisotopic (exact) mass is 831 g/mol. The number of hydrogen-bond acceptors (Lipinski definition) is 4. The van der Waals surface area contributed by atoms with Crippen molar-refractivity contribution < 1.29 is 26.2 Å². The van der Waals surface area contributed by atoms with E-state index in [0.29, 0.717) is 5.52 Å². The third-order valence-corrected chi connectivity index (χ3v) is 10.1. The van der Waals surface area contributed by atoms with Gasteiger partial charge in [-0.15, -0.1) is 17.7 Å². The Morgan fingerprint density at radius 1 is 0.720 bits per heavy atom. The van der Waals surface area contributed by atoms with Crippen molar-refractivity contribution in [2.45, 2.75) is 47.0 Å². The SMILES string of the molecule is Cc1ccnc(N2c3[c-]c(-c4ccc5c(C)ccc(O)c5n4)cc(-c4c(C)cc(-c5ccccc5)cc4C)c3C(C)(C)c3ccccc32)c1.[Pt]. The van der Waals surface area contributed by atoms with Crippen molar-refractivity contribution in [3.63, 3.8) is 0 Å². The van der Waals surface area contributed by atoms with E-state index in [9.17, 15) is 5.11 Å². The molecule has 0 unspecified atom stereocenters. The summed E-state index contributed by atoms with van der Waals surface area (Å²) in [6, 6.07) is 41.9. The van der Waals surface area contributed by atoms with E-state index in [1.807, 2.05) is 31.3 Å². The molecule has 5 aromatic carbocycles. The second-order valence-corrected chi connectivity index (χ2v) is 13.8. The Morgan fingerprint density at radius 3 is 2.18 bits per heavy atom. The number of nitrogens with zero attached hydrogens (tertiary/aromatic N) is 3. The minimum absolute atomic E-state index is 0. The molecule has 1 N–H and O–H groups in total. The fourth-order valence-corrected chi connectivity index (χ4v) is 7.72. The molecule has 3 heterocycles. The molecule has 8 rings (SSSR count). The zero-order chi connectivity index (χ0) is 34.0. The minimum Gasteiger partial charge on any atom is -0.506 e. The van der Waals surface area contributed by atoms with E-state index in [0.717, 1.165) is 50.5 Å². The molecule has 2 aromatic heterocycles. The van der Waals surface area contributed by atoms with Crippen LogP contribution in [0.3, 0.4) is 0 Å². The van der Waals surface area contributed by atoms with E-state index in [2.05, 4.69) is 131 Å². The van der Waals surface area contributed by atoms with Crippen LogP contribution in [0.15, 0.2) is 115 Å². The van der Waals surface area contributed by atoms with Crippen LogP contribution in [0.1, 0.15) is 47.2 Å². The van der Waals surface area contributed by atoms with Crippen LogP contribution in [0.25, 0.3) is 44.4 Å². The van der Waals surface area contributed by atoms with Crippen LogP contribution in [0.5, 0.6) is 5.75 Å². The molecule has 250 valence electrons. The molecule has 0 saturated carbocycles. The quantitative estimate of drug-likeness (QED) is 0.180. The number of phenolic OH excluding ortho intramolecular Hbond substituents is 1. The number of aryl methyl sites for hydroxylation is 4. The van der Waals surface area contributed by atoms with Crippen LogP contribution in [-0.4, -0.2) is 15.1 Å². The van der Waals surface area contributed by atoms with Gasteiger partial charge in [0, 0.05) is 38.3 Å². The Hall–Kier alpha value is -5.05. The molecule has 0 spiro atoms. The van der Waals surface area contributed by atoms with Gasteiger partial charge >= 0.3 is 0 Å². The molecule has 50 heavy (non-hydrogen) atoms. The summed E-state index contributed by atoms with van der Waals surface area (Å²) in [4.78, 5) is 12.2.